The van der Waals surface area contributed by atoms with Crippen molar-refractivity contribution in [3.63, 3.8) is 0 Å². The van der Waals surface area contributed by atoms with Crippen molar-refractivity contribution in [1.29, 1.82) is 0 Å². The Kier molecular flexibility index (Phi) is 9.18. The smallest absolute Gasteiger partial charge is 0.317 e. The molecule has 0 fully saturated rings. The number of hydrogen-bond acceptors (Lipinski definition) is 3. The zero-order valence-corrected chi connectivity index (χ0v) is 17.3. The summed E-state index contributed by atoms with van der Waals surface area (Å²) in [5, 5.41) is 0. The van der Waals surface area contributed by atoms with Gasteiger partial charge in [0.25, 0.3) is 5.91 Å². The number of halogens is 4. The molecular weight excluding hydrogens is 430 g/mol. The maximum atomic E-state index is 14.4. The summed E-state index contributed by atoms with van der Waals surface area (Å²) in [7, 11) is 0. The zero-order chi connectivity index (χ0) is 23.7. The lowest BCUT2D eigenvalue weighted by Crippen LogP contribution is -2.44. The number of nitrogens with zero attached hydrogens (tertiary/aromatic N) is 1. The molecule has 0 aliphatic carbocycles. The second-order valence-corrected chi connectivity index (χ2v) is 7.35. The summed E-state index contributed by atoms with van der Waals surface area (Å²) in [6, 6.07) is 9.71. The third-order valence-electron chi connectivity index (χ3n) is 4.72. The molecule has 1 atom stereocenters. The molecule has 3 amide bonds. The van der Waals surface area contributed by atoms with Gasteiger partial charge in [0.05, 0.1) is 0 Å². The van der Waals surface area contributed by atoms with Crippen molar-refractivity contribution in [2.45, 2.75) is 32.7 Å². The summed E-state index contributed by atoms with van der Waals surface area (Å²) in [6.07, 6.45) is -1.47. The Labute approximate surface area is 182 Å². The van der Waals surface area contributed by atoms with Crippen molar-refractivity contribution in [1.82, 2.24) is 15.8 Å². The number of carbonyl (C=O) groups is 3. The minimum Gasteiger partial charge on any atom is -0.341 e. The Balaban J connectivity index is 1.90. The molecule has 2 N–H and O–H groups in total. The van der Waals surface area contributed by atoms with Gasteiger partial charge in [-0.3, -0.25) is 25.2 Å². The first kappa shape index (κ1) is 24.8. The average molecular weight is 453 g/mol. The van der Waals surface area contributed by atoms with Crippen molar-refractivity contribution < 1.29 is 31.9 Å². The van der Waals surface area contributed by atoms with E-state index in [2.05, 4.69) is 0 Å². The summed E-state index contributed by atoms with van der Waals surface area (Å²) >= 11 is 0. The third-order valence-corrected chi connectivity index (χ3v) is 4.72. The van der Waals surface area contributed by atoms with Crippen molar-refractivity contribution in [3.05, 3.63) is 70.8 Å². The fourth-order valence-electron chi connectivity index (χ4n) is 3.00. The molecule has 0 bridgehead atoms. The monoisotopic (exact) mass is 453 g/mol. The van der Waals surface area contributed by atoms with Gasteiger partial charge in [0.1, 0.15) is 11.6 Å². The molecule has 0 spiro atoms. The number of hydrazine groups is 1. The lowest BCUT2D eigenvalue weighted by molar-refractivity contribution is -0.132. The largest absolute Gasteiger partial charge is 0.341 e. The van der Waals surface area contributed by atoms with E-state index in [-0.39, 0.29) is 29.4 Å². The molecule has 172 valence electrons. The van der Waals surface area contributed by atoms with Crippen molar-refractivity contribution >= 4 is 18.2 Å². The van der Waals surface area contributed by atoms with E-state index in [1.165, 1.54) is 34.6 Å². The molecule has 10 heteroatoms. The van der Waals surface area contributed by atoms with Crippen LogP contribution in [0.4, 0.5) is 17.6 Å². The predicted octanol–water partition coefficient (Wildman–Crippen LogP) is 3.22. The molecule has 0 radical (unpaired) electrons. The van der Waals surface area contributed by atoms with Crippen LogP contribution in [0.1, 0.15) is 34.8 Å². The molecule has 2 aromatic carbocycles. The normalized spacial score (nSPS) is 11.7. The van der Waals surface area contributed by atoms with Gasteiger partial charge in [0, 0.05) is 24.2 Å². The topological polar surface area (TPSA) is 78.5 Å². The molecular formula is C22H23F4N3O3. The highest BCUT2D eigenvalue weighted by Gasteiger charge is 2.17. The Morgan fingerprint density at radius 3 is 2.47 bits per heavy atom. The highest BCUT2D eigenvalue weighted by atomic mass is 19.3. The van der Waals surface area contributed by atoms with Crippen LogP contribution in [0.2, 0.25) is 0 Å². The number of alkyl halides is 2. The van der Waals surface area contributed by atoms with E-state index in [0.717, 1.165) is 11.6 Å². The van der Waals surface area contributed by atoms with E-state index in [0.29, 0.717) is 25.8 Å². The molecule has 0 heterocycles. The van der Waals surface area contributed by atoms with Crippen LogP contribution in [-0.2, 0) is 22.6 Å². The van der Waals surface area contributed by atoms with Crippen LogP contribution in [-0.4, -0.2) is 36.1 Å². The Morgan fingerprint density at radius 1 is 1.09 bits per heavy atom. The van der Waals surface area contributed by atoms with Crippen LogP contribution in [0.3, 0.4) is 0 Å². The van der Waals surface area contributed by atoms with Crippen LogP contribution >= 0.6 is 0 Å². The van der Waals surface area contributed by atoms with E-state index >= 15 is 0 Å². The summed E-state index contributed by atoms with van der Waals surface area (Å²) in [4.78, 5) is 35.4. The molecule has 2 rings (SSSR count). The number of hydrogen-bond donors (Lipinski definition) is 2. The van der Waals surface area contributed by atoms with Gasteiger partial charge in [-0.2, -0.15) is 8.78 Å². The van der Waals surface area contributed by atoms with Crippen LogP contribution < -0.4 is 10.9 Å². The van der Waals surface area contributed by atoms with Gasteiger partial charge in [-0.1, -0.05) is 25.1 Å². The maximum absolute atomic E-state index is 14.4. The van der Waals surface area contributed by atoms with Gasteiger partial charge < -0.3 is 4.90 Å². The summed E-state index contributed by atoms with van der Waals surface area (Å²) in [5.74, 6) is -3.59. The quantitative estimate of drug-likeness (QED) is 0.330. The van der Waals surface area contributed by atoms with Gasteiger partial charge in [0.2, 0.25) is 6.41 Å². The number of nitrogens with one attached hydrogen (secondary N) is 2. The maximum Gasteiger partial charge on any atom is 0.317 e. The van der Waals surface area contributed by atoms with Crippen LogP contribution in [0.5, 0.6) is 0 Å². The minimum absolute atomic E-state index is 0.0357. The zero-order valence-electron chi connectivity index (χ0n) is 17.3. The third kappa shape index (κ3) is 7.68. The van der Waals surface area contributed by atoms with Gasteiger partial charge in [-0.25, -0.2) is 8.78 Å². The molecule has 0 aromatic heterocycles. The first-order valence-corrected chi connectivity index (χ1v) is 9.80. The highest BCUT2D eigenvalue weighted by molar-refractivity contribution is 5.95. The summed E-state index contributed by atoms with van der Waals surface area (Å²) in [5.41, 5.74) is 4.09. The van der Waals surface area contributed by atoms with E-state index in [9.17, 15) is 31.9 Å². The average Bonchev–Trinajstić information content (AvgIpc) is 2.75. The number of amides is 3. The Hall–Kier alpha value is -3.43. The van der Waals surface area contributed by atoms with Crippen molar-refractivity contribution in [2.75, 3.05) is 6.54 Å². The first-order valence-electron chi connectivity index (χ1n) is 9.80. The van der Waals surface area contributed by atoms with Gasteiger partial charge >= 0.3 is 12.3 Å². The number of carbonyl (C=O) groups excluding carboxylic acids is 3. The Morgan fingerprint density at radius 2 is 1.84 bits per heavy atom. The molecule has 2 aromatic rings. The van der Waals surface area contributed by atoms with Crippen molar-refractivity contribution in [3.8, 4) is 0 Å². The number of rotatable bonds is 10. The van der Waals surface area contributed by atoms with E-state index in [4.69, 9.17) is 0 Å². The van der Waals surface area contributed by atoms with Gasteiger partial charge in [0.15, 0.2) is 0 Å². The molecule has 6 nitrogen and oxygen atoms in total. The SMILES string of the molecule is CC(CCN(C=O)Cc1ccc(C(=O)NNC(=O)C(F)F)cc1F)Cc1cccc(F)c1. The summed E-state index contributed by atoms with van der Waals surface area (Å²) < 4.78 is 51.9. The molecule has 0 saturated carbocycles. The van der Waals surface area contributed by atoms with Crippen LogP contribution in [0, 0.1) is 17.6 Å². The molecule has 0 saturated heterocycles. The van der Waals surface area contributed by atoms with Gasteiger partial charge in [-0.05, 0) is 48.6 Å². The lowest BCUT2D eigenvalue weighted by Gasteiger charge is -2.20. The second kappa shape index (κ2) is 11.8. The second-order valence-electron chi connectivity index (χ2n) is 7.35. The van der Waals surface area contributed by atoms with E-state index in [1.807, 2.05) is 13.0 Å². The highest BCUT2D eigenvalue weighted by Crippen LogP contribution is 2.16. The first-order chi connectivity index (χ1) is 15.2. The van der Waals surface area contributed by atoms with E-state index < -0.39 is 24.1 Å². The van der Waals surface area contributed by atoms with Crippen LogP contribution in [0.25, 0.3) is 0 Å². The number of benzene rings is 2. The molecule has 32 heavy (non-hydrogen) atoms. The van der Waals surface area contributed by atoms with Crippen LogP contribution in [0.15, 0.2) is 42.5 Å². The van der Waals surface area contributed by atoms with E-state index in [1.54, 1.807) is 11.5 Å². The molecule has 1 unspecified atom stereocenters. The minimum atomic E-state index is -3.31. The predicted molar refractivity (Wildman–Crippen MR) is 108 cm³/mol. The van der Waals surface area contributed by atoms with Gasteiger partial charge in [-0.15, -0.1) is 0 Å². The molecule has 0 aliphatic rings. The fraction of sp³-hybridized carbons (Fsp3) is 0.318. The Bertz CT molecular complexity index is 956. The van der Waals surface area contributed by atoms with Crippen molar-refractivity contribution in [2.24, 2.45) is 5.92 Å². The standard InChI is InChI=1S/C22H23F4N3O3/c1-14(9-15-3-2-4-18(23)10-15)7-8-29(13-30)12-17-6-5-16(11-19(17)24)21(31)27-28-22(32)20(25)26/h2-6,10-11,13-14,20H,7-9,12H2,1H3,(H,27,31)(H,28,32). The fourth-order valence-corrected chi connectivity index (χ4v) is 3.00. The lowest BCUT2D eigenvalue weighted by atomic mass is 9.98. The summed E-state index contributed by atoms with van der Waals surface area (Å²) in [6.45, 7) is 2.28. The molecule has 0 aliphatic heterocycles.